The molecule has 5 aliphatic carbocycles. The predicted molar refractivity (Wildman–Crippen MR) is 137 cm³/mol. The second-order valence-electron chi connectivity index (χ2n) is 15.0. The summed E-state index contributed by atoms with van der Waals surface area (Å²) in [7, 11) is 0. The molecular formula is C30H48O6. The lowest BCUT2D eigenvalue weighted by Gasteiger charge is -2.72. The molecule has 0 bridgehead atoms. The molecule has 0 heterocycles. The van der Waals surface area contributed by atoms with E-state index < -0.39 is 46.6 Å². The summed E-state index contributed by atoms with van der Waals surface area (Å²) in [5.41, 5.74) is -2.83. The molecular weight excluding hydrogens is 456 g/mol. The third kappa shape index (κ3) is 2.91. The first-order valence-corrected chi connectivity index (χ1v) is 14.1. The number of carboxylic acids is 1. The van der Waals surface area contributed by atoms with E-state index in [0.717, 1.165) is 18.4 Å². The summed E-state index contributed by atoms with van der Waals surface area (Å²) in [5, 5.41) is 56.3. The highest BCUT2D eigenvalue weighted by molar-refractivity contribution is 5.77. The molecule has 0 aromatic heterocycles. The zero-order chi connectivity index (χ0) is 26.9. The summed E-state index contributed by atoms with van der Waals surface area (Å²) in [6.07, 6.45) is 4.12. The van der Waals surface area contributed by atoms with Gasteiger partial charge in [-0.2, -0.15) is 0 Å². The Morgan fingerprint density at radius 1 is 0.944 bits per heavy atom. The van der Waals surface area contributed by atoms with Crippen LogP contribution in [-0.4, -0.2) is 55.4 Å². The second kappa shape index (κ2) is 7.58. The lowest BCUT2D eigenvalue weighted by Crippen LogP contribution is -2.70. The van der Waals surface area contributed by atoms with Crippen LogP contribution >= 0.6 is 0 Å². The maximum atomic E-state index is 12.9. The van der Waals surface area contributed by atoms with Crippen molar-refractivity contribution in [2.45, 2.75) is 117 Å². The molecule has 12 unspecified atom stereocenters. The summed E-state index contributed by atoms with van der Waals surface area (Å²) < 4.78 is 0. The number of rotatable bonds is 1. The molecule has 0 spiro atoms. The van der Waals surface area contributed by atoms with E-state index in [0.29, 0.717) is 32.1 Å². The molecule has 0 aliphatic heterocycles. The highest BCUT2D eigenvalue weighted by atomic mass is 16.4. The van der Waals surface area contributed by atoms with Gasteiger partial charge in [-0.25, -0.2) is 0 Å². The van der Waals surface area contributed by atoms with Crippen molar-refractivity contribution in [2.75, 3.05) is 0 Å². The molecule has 0 radical (unpaired) electrons. The maximum absolute atomic E-state index is 12.9. The number of hydrogen-bond acceptors (Lipinski definition) is 5. The maximum Gasteiger partial charge on any atom is 0.310 e. The SMILES string of the molecule is CC1CCC2(C(=O)O)CCC3(C)C(=CC(O)C4C5(C)CC(O)C(O)C(C)(C)C5CCC43C)C2C1(C)O. The topological polar surface area (TPSA) is 118 Å². The van der Waals surface area contributed by atoms with Crippen molar-refractivity contribution in [1.82, 2.24) is 0 Å². The van der Waals surface area contributed by atoms with Gasteiger partial charge >= 0.3 is 5.97 Å². The molecule has 6 nitrogen and oxygen atoms in total. The Hall–Kier alpha value is -0.950. The van der Waals surface area contributed by atoms with E-state index in [4.69, 9.17) is 0 Å². The zero-order valence-electron chi connectivity index (χ0n) is 23.2. The Bertz CT molecular complexity index is 986. The summed E-state index contributed by atoms with van der Waals surface area (Å²) in [6.45, 7) is 14.7. The van der Waals surface area contributed by atoms with Gasteiger partial charge in [0.15, 0.2) is 0 Å². The highest BCUT2D eigenvalue weighted by Gasteiger charge is 2.73. The minimum atomic E-state index is -1.18. The van der Waals surface area contributed by atoms with Crippen molar-refractivity contribution in [3.05, 3.63) is 11.6 Å². The molecule has 0 amide bonds. The summed E-state index contributed by atoms with van der Waals surface area (Å²) in [4.78, 5) is 12.9. The molecule has 4 saturated carbocycles. The van der Waals surface area contributed by atoms with E-state index >= 15 is 0 Å². The van der Waals surface area contributed by atoms with E-state index in [1.54, 1.807) is 0 Å². The lowest BCUT2D eigenvalue weighted by molar-refractivity contribution is -0.252. The first-order chi connectivity index (χ1) is 16.4. The molecule has 0 saturated heterocycles. The van der Waals surface area contributed by atoms with Crippen LogP contribution in [0.5, 0.6) is 0 Å². The molecule has 6 heteroatoms. The molecule has 36 heavy (non-hydrogen) atoms. The zero-order valence-corrected chi connectivity index (χ0v) is 23.2. The van der Waals surface area contributed by atoms with Gasteiger partial charge in [0.2, 0.25) is 0 Å². The largest absolute Gasteiger partial charge is 0.481 e. The highest BCUT2D eigenvalue weighted by Crippen LogP contribution is 2.76. The average molecular weight is 505 g/mol. The summed E-state index contributed by atoms with van der Waals surface area (Å²) >= 11 is 0. The van der Waals surface area contributed by atoms with Crippen LogP contribution in [0, 0.1) is 50.7 Å². The normalized spacial score (nSPS) is 58.0. The monoisotopic (exact) mass is 504 g/mol. The summed E-state index contributed by atoms with van der Waals surface area (Å²) in [5.74, 6) is -1.40. The Balaban J connectivity index is 1.69. The van der Waals surface area contributed by atoms with Crippen molar-refractivity contribution in [2.24, 2.45) is 50.7 Å². The van der Waals surface area contributed by atoms with Gasteiger partial charge in [-0.05, 0) is 85.4 Å². The van der Waals surface area contributed by atoms with Crippen LogP contribution in [0.4, 0.5) is 0 Å². The van der Waals surface area contributed by atoms with Crippen molar-refractivity contribution < 1.29 is 30.3 Å². The molecule has 5 aliphatic rings. The minimum absolute atomic E-state index is 0.0371. The van der Waals surface area contributed by atoms with E-state index in [1.165, 1.54) is 0 Å². The van der Waals surface area contributed by atoms with Gasteiger partial charge in [0.05, 0.1) is 29.3 Å². The van der Waals surface area contributed by atoms with E-state index in [-0.39, 0.29) is 34.0 Å². The minimum Gasteiger partial charge on any atom is -0.481 e. The number of aliphatic hydroxyl groups is 4. The van der Waals surface area contributed by atoms with Gasteiger partial charge in [0.25, 0.3) is 0 Å². The van der Waals surface area contributed by atoms with Crippen LogP contribution in [0.2, 0.25) is 0 Å². The Labute approximate surface area is 216 Å². The number of fused-ring (bicyclic) bond motifs is 7. The fourth-order valence-corrected chi connectivity index (χ4v) is 11.1. The van der Waals surface area contributed by atoms with Crippen LogP contribution in [0.25, 0.3) is 0 Å². The van der Waals surface area contributed by atoms with Gasteiger partial charge in [0.1, 0.15) is 0 Å². The molecule has 0 aromatic rings. The molecule has 5 N–H and O–H groups in total. The van der Waals surface area contributed by atoms with Crippen molar-refractivity contribution >= 4 is 5.97 Å². The molecule has 204 valence electrons. The van der Waals surface area contributed by atoms with Crippen molar-refractivity contribution in [3.8, 4) is 0 Å². The third-order valence-corrected chi connectivity index (χ3v) is 13.4. The number of hydrogen-bond donors (Lipinski definition) is 5. The Morgan fingerprint density at radius 3 is 2.19 bits per heavy atom. The van der Waals surface area contributed by atoms with Gasteiger partial charge in [0, 0.05) is 11.8 Å². The first-order valence-electron chi connectivity index (χ1n) is 14.1. The van der Waals surface area contributed by atoms with Crippen LogP contribution < -0.4 is 0 Å². The Morgan fingerprint density at radius 2 is 1.58 bits per heavy atom. The fourth-order valence-electron chi connectivity index (χ4n) is 11.1. The van der Waals surface area contributed by atoms with Gasteiger partial charge in [-0.15, -0.1) is 0 Å². The number of aliphatic carboxylic acids is 1. The predicted octanol–water partition coefficient (Wildman–Crippen LogP) is 4.15. The number of carboxylic acid groups (broad SMARTS) is 1. The standard InChI is InChI=1S/C30H48O6/c1-16-8-11-30(24(34)35)13-12-27(5)17(21(30)29(16,7)36)14-18(31)22-26(4)15-19(32)23(33)25(2,3)20(26)9-10-28(22,27)6/h14,16,18-23,31-33,36H,8-13,15H2,1-7H3,(H,34,35). The molecule has 4 fully saturated rings. The van der Waals surface area contributed by atoms with E-state index in [2.05, 4.69) is 20.8 Å². The second-order valence-corrected chi connectivity index (χ2v) is 15.0. The molecule has 5 rings (SSSR count). The smallest absolute Gasteiger partial charge is 0.310 e. The quantitative estimate of drug-likeness (QED) is 0.343. The third-order valence-electron chi connectivity index (χ3n) is 13.4. The van der Waals surface area contributed by atoms with Gasteiger partial charge in [-0.3, -0.25) is 4.79 Å². The molecule has 0 aromatic carbocycles. The van der Waals surface area contributed by atoms with Crippen LogP contribution in [0.15, 0.2) is 11.6 Å². The van der Waals surface area contributed by atoms with Crippen molar-refractivity contribution in [1.29, 1.82) is 0 Å². The van der Waals surface area contributed by atoms with E-state index in [9.17, 15) is 30.3 Å². The lowest BCUT2D eigenvalue weighted by atomic mass is 9.32. The number of aliphatic hydroxyl groups excluding tert-OH is 3. The molecule has 12 atom stereocenters. The number of carbonyl (C=O) groups is 1. The fraction of sp³-hybridized carbons (Fsp3) is 0.900. The van der Waals surface area contributed by atoms with E-state index in [1.807, 2.05) is 33.8 Å². The van der Waals surface area contributed by atoms with Crippen molar-refractivity contribution in [3.63, 3.8) is 0 Å². The average Bonchev–Trinajstić information content (AvgIpc) is 2.75. The van der Waals surface area contributed by atoms with Crippen LogP contribution in [0.3, 0.4) is 0 Å². The van der Waals surface area contributed by atoms with Gasteiger partial charge in [-0.1, -0.05) is 53.2 Å². The van der Waals surface area contributed by atoms with Crippen LogP contribution in [0.1, 0.15) is 93.4 Å². The van der Waals surface area contributed by atoms with Gasteiger partial charge < -0.3 is 25.5 Å². The van der Waals surface area contributed by atoms with Crippen LogP contribution in [-0.2, 0) is 4.79 Å². The summed E-state index contributed by atoms with van der Waals surface area (Å²) in [6, 6.07) is 0. The first kappa shape index (κ1) is 26.6. The Kier molecular flexibility index (Phi) is 5.61.